The summed E-state index contributed by atoms with van der Waals surface area (Å²) in [6, 6.07) is 4.72. The number of benzene rings is 1. The van der Waals surface area contributed by atoms with Gasteiger partial charge in [0.15, 0.2) is 0 Å². The van der Waals surface area contributed by atoms with Crippen LogP contribution in [-0.4, -0.2) is 13.6 Å². The van der Waals surface area contributed by atoms with E-state index in [1.54, 1.807) is 13.1 Å². The van der Waals surface area contributed by atoms with Gasteiger partial charge < -0.3 is 11.1 Å². The van der Waals surface area contributed by atoms with Crippen molar-refractivity contribution < 1.29 is 13.2 Å². The van der Waals surface area contributed by atoms with Crippen LogP contribution in [0.2, 0.25) is 0 Å². The first-order chi connectivity index (χ1) is 6.96. The van der Waals surface area contributed by atoms with Gasteiger partial charge in [-0.2, -0.15) is 13.2 Å². The topological polar surface area (TPSA) is 38.0 Å². The molecule has 0 saturated heterocycles. The third kappa shape index (κ3) is 2.94. The molecule has 84 valence electrons. The standard InChI is InChI=1S/C10H13F3N2/c1-15-6-9(14)7-4-2-3-5-8(7)10(11,12)13/h2-5,9,15H,6,14H2,1H3. The summed E-state index contributed by atoms with van der Waals surface area (Å²) in [5.41, 5.74) is 5.11. The molecule has 0 radical (unpaired) electrons. The lowest BCUT2D eigenvalue weighted by atomic mass is 10.0. The van der Waals surface area contributed by atoms with Gasteiger partial charge in [-0.1, -0.05) is 18.2 Å². The van der Waals surface area contributed by atoms with Gasteiger partial charge in [0.25, 0.3) is 0 Å². The van der Waals surface area contributed by atoms with Gasteiger partial charge in [-0.25, -0.2) is 0 Å². The molecule has 1 aromatic rings. The molecule has 15 heavy (non-hydrogen) atoms. The molecule has 0 amide bonds. The molecule has 1 atom stereocenters. The summed E-state index contributed by atoms with van der Waals surface area (Å²) >= 11 is 0. The molecule has 0 bridgehead atoms. The molecule has 0 aromatic heterocycles. The van der Waals surface area contributed by atoms with Crippen molar-refractivity contribution in [3.8, 4) is 0 Å². The van der Waals surface area contributed by atoms with Crippen LogP contribution in [0.1, 0.15) is 17.2 Å². The molecule has 0 fully saturated rings. The predicted octanol–water partition coefficient (Wildman–Crippen LogP) is 1.92. The van der Waals surface area contributed by atoms with Crippen molar-refractivity contribution in [2.45, 2.75) is 12.2 Å². The largest absolute Gasteiger partial charge is 0.416 e. The van der Waals surface area contributed by atoms with Crippen molar-refractivity contribution in [3.63, 3.8) is 0 Å². The summed E-state index contributed by atoms with van der Waals surface area (Å²) in [4.78, 5) is 0. The van der Waals surface area contributed by atoms with Crippen LogP contribution in [-0.2, 0) is 6.18 Å². The van der Waals surface area contributed by atoms with Gasteiger partial charge >= 0.3 is 6.18 Å². The average Bonchev–Trinajstić information content (AvgIpc) is 2.17. The van der Waals surface area contributed by atoms with Crippen LogP contribution in [0.5, 0.6) is 0 Å². The first-order valence-electron chi connectivity index (χ1n) is 4.53. The Morgan fingerprint density at radius 2 is 1.93 bits per heavy atom. The van der Waals surface area contributed by atoms with Gasteiger partial charge in [0.2, 0.25) is 0 Å². The molecule has 0 saturated carbocycles. The quantitative estimate of drug-likeness (QED) is 0.813. The lowest BCUT2D eigenvalue weighted by Crippen LogP contribution is -2.26. The van der Waals surface area contributed by atoms with Gasteiger partial charge in [0.05, 0.1) is 5.56 Å². The van der Waals surface area contributed by atoms with Crippen molar-refractivity contribution >= 4 is 0 Å². The molecule has 0 aliphatic heterocycles. The Labute approximate surface area is 86.3 Å². The van der Waals surface area contributed by atoms with E-state index >= 15 is 0 Å². The Bertz CT molecular complexity index is 323. The molecular formula is C10H13F3N2. The van der Waals surface area contributed by atoms with Crippen LogP contribution in [0.4, 0.5) is 13.2 Å². The minimum absolute atomic E-state index is 0.124. The van der Waals surface area contributed by atoms with E-state index in [1.165, 1.54) is 12.1 Å². The number of hydrogen-bond donors (Lipinski definition) is 2. The molecule has 3 N–H and O–H groups in total. The second kappa shape index (κ2) is 4.63. The maximum Gasteiger partial charge on any atom is 0.416 e. The van der Waals surface area contributed by atoms with Crippen LogP contribution >= 0.6 is 0 Å². The molecule has 0 heterocycles. The average molecular weight is 218 g/mol. The zero-order chi connectivity index (χ0) is 11.5. The maximum absolute atomic E-state index is 12.6. The van der Waals surface area contributed by atoms with Crippen LogP contribution in [0.3, 0.4) is 0 Å². The summed E-state index contributed by atoms with van der Waals surface area (Å²) < 4.78 is 37.7. The van der Waals surface area contributed by atoms with E-state index in [1.807, 2.05) is 0 Å². The molecule has 5 heteroatoms. The fraction of sp³-hybridized carbons (Fsp3) is 0.400. The molecule has 0 spiro atoms. The lowest BCUT2D eigenvalue weighted by molar-refractivity contribution is -0.138. The van der Waals surface area contributed by atoms with Gasteiger partial charge in [0, 0.05) is 12.6 Å². The van der Waals surface area contributed by atoms with E-state index in [-0.39, 0.29) is 5.56 Å². The second-order valence-electron chi connectivity index (χ2n) is 3.25. The van der Waals surface area contributed by atoms with E-state index in [4.69, 9.17) is 5.73 Å². The third-order valence-corrected chi connectivity index (χ3v) is 2.09. The SMILES string of the molecule is CNCC(N)c1ccccc1C(F)(F)F. The first kappa shape index (κ1) is 12.0. The lowest BCUT2D eigenvalue weighted by Gasteiger charge is -2.17. The highest BCUT2D eigenvalue weighted by Gasteiger charge is 2.33. The van der Waals surface area contributed by atoms with Crippen molar-refractivity contribution in [1.29, 1.82) is 0 Å². The van der Waals surface area contributed by atoms with Gasteiger partial charge in [-0.3, -0.25) is 0 Å². The van der Waals surface area contributed by atoms with Crippen LogP contribution < -0.4 is 11.1 Å². The van der Waals surface area contributed by atoms with Crippen molar-refractivity contribution in [3.05, 3.63) is 35.4 Å². The highest BCUT2D eigenvalue weighted by Crippen LogP contribution is 2.33. The number of nitrogens with two attached hydrogens (primary N) is 1. The zero-order valence-electron chi connectivity index (χ0n) is 8.31. The van der Waals surface area contributed by atoms with Crippen LogP contribution in [0.15, 0.2) is 24.3 Å². The Morgan fingerprint density at radius 3 is 2.47 bits per heavy atom. The summed E-state index contributed by atoms with van der Waals surface area (Å²) in [5.74, 6) is 0. The highest BCUT2D eigenvalue weighted by molar-refractivity contribution is 5.32. The Kier molecular flexibility index (Phi) is 3.71. The fourth-order valence-corrected chi connectivity index (χ4v) is 1.41. The minimum atomic E-state index is -4.35. The number of alkyl halides is 3. The first-order valence-corrected chi connectivity index (χ1v) is 4.53. The summed E-state index contributed by atoms with van der Waals surface area (Å²) in [6.07, 6.45) is -4.35. The number of nitrogens with one attached hydrogen (secondary N) is 1. The van der Waals surface area contributed by atoms with Crippen LogP contribution in [0, 0.1) is 0 Å². The molecular weight excluding hydrogens is 205 g/mol. The van der Waals surface area contributed by atoms with Gasteiger partial charge in [0.1, 0.15) is 0 Å². The molecule has 1 rings (SSSR count). The number of halogens is 3. The Hall–Kier alpha value is -1.07. The van der Waals surface area contributed by atoms with Crippen molar-refractivity contribution in [2.75, 3.05) is 13.6 Å². The smallest absolute Gasteiger partial charge is 0.323 e. The zero-order valence-corrected chi connectivity index (χ0v) is 8.31. The normalized spacial score (nSPS) is 13.9. The number of hydrogen-bond acceptors (Lipinski definition) is 2. The molecule has 1 unspecified atom stereocenters. The molecule has 2 nitrogen and oxygen atoms in total. The molecule has 0 aliphatic carbocycles. The van der Waals surface area contributed by atoms with E-state index in [0.717, 1.165) is 6.07 Å². The van der Waals surface area contributed by atoms with Gasteiger partial charge in [-0.15, -0.1) is 0 Å². The minimum Gasteiger partial charge on any atom is -0.323 e. The Balaban J connectivity index is 3.06. The van der Waals surface area contributed by atoms with Crippen LogP contribution in [0.25, 0.3) is 0 Å². The van der Waals surface area contributed by atoms with E-state index in [2.05, 4.69) is 5.32 Å². The number of rotatable bonds is 3. The monoisotopic (exact) mass is 218 g/mol. The van der Waals surface area contributed by atoms with E-state index in [0.29, 0.717) is 6.54 Å². The van der Waals surface area contributed by atoms with Crippen molar-refractivity contribution in [1.82, 2.24) is 5.32 Å². The third-order valence-electron chi connectivity index (χ3n) is 2.09. The van der Waals surface area contributed by atoms with Crippen molar-refractivity contribution in [2.24, 2.45) is 5.73 Å². The second-order valence-corrected chi connectivity index (χ2v) is 3.25. The summed E-state index contributed by atoms with van der Waals surface area (Å²) in [6.45, 7) is 0.313. The molecule has 1 aromatic carbocycles. The van der Waals surface area contributed by atoms with E-state index in [9.17, 15) is 13.2 Å². The maximum atomic E-state index is 12.6. The molecule has 0 aliphatic rings. The summed E-state index contributed by atoms with van der Waals surface area (Å²) in [5, 5.41) is 2.75. The summed E-state index contributed by atoms with van der Waals surface area (Å²) in [7, 11) is 1.65. The highest BCUT2D eigenvalue weighted by atomic mass is 19.4. The number of likely N-dealkylation sites (N-methyl/N-ethyl adjacent to an activating group) is 1. The van der Waals surface area contributed by atoms with E-state index < -0.39 is 17.8 Å². The van der Waals surface area contributed by atoms with Gasteiger partial charge in [-0.05, 0) is 18.7 Å². The Morgan fingerprint density at radius 1 is 1.33 bits per heavy atom. The predicted molar refractivity (Wildman–Crippen MR) is 52.3 cm³/mol. The fourth-order valence-electron chi connectivity index (χ4n) is 1.41.